The molecule has 0 saturated carbocycles. The molecule has 3 nitrogen and oxygen atoms in total. The Kier molecular flexibility index (Phi) is 4.89. The van der Waals surface area contributed by atoms with Gasteiger partial charge in [0.25, 0.3) is 0 Å². The second-order valence-electron chi connectivity index (χ2n) is 6.32. The predicted octanol–water partition coefficient (Wildman–Crippen LogP) is 3.66. The predicted molar refractivity (Wildman–Crippen MR) is 84.1 cm³/mol. The van der Waals surface area contributed by atoms with Gasteiger partial charge < -0.3 is 11.1 Å². The number of nitrogens with two attached hydrogens (primary N) is 1. The third-order valence-electron chi connectivity index (χ3n) is 4.27. The average molecular weight is 313 g/mol. The zero-order chi connectivity index (χ0) is 15.6. The fraction of sp³-hybridized carbons (Fsp3) is 0.562. The molecule has 0 aliphatic carbocycles. The summed E-state index contributed by atoms with van der Waals surface area (Å²) in [7, 11) is 0. The molecule has 1 unspecified atom stereocenters. The molecule has 1 fully saturated rings. The van der Waals surface area contributed by atoms with Crippen LogP contribution in [0.2, 0.25) is 5.02 Å². The van der Waals surface area contributed by atoms with Gasteiger partial charge in [0, 0.05) is 17.5 Å². The largest absolute Gasteiger partial charge is 0.395 e. The zero-order valence-corrected chi connectivity index (χ0v) is 13.3. The molecule has 1 aliphatic rings. The SMILES string of the molecule is CC(C)CCC1(C(=O)c2cc(F)c(N)c(Cl)c2)CCNC1. The van der Waals surface area contributed by atoms with E-state index in [-0.39, 0.29) is 16.5 Å². The van der Waals surface area contributed by atoms with Gasteiger partial charge in [-0.2, -0.15) is 0 Å². The Bertz CT molecular complexity index is 516. The molecule has 0 amide bonds. The first kappa shape index (κ1) is 16.2. The summed E-state index contributed by atoms with van der Waals surface area (Å²) in [4.78, 5) is 12.9. The van der Waals surface area contributed by atoms with E-state index in [1.165, 1.54) is 12.1 Å². The van der Waals surface area contributed by atoms with Crippen LogP contribution in [0.3, 0.4) is 0 Å². The maximum absolute atomic E-state index is 13.7. The number of hydrogen-bond acceptors (Lipinski definition) is 3. The first-order valence-corrected chi connectivity index (χ1v) is 7.73. The Morgan fingerprint density at radius 3 is 2.76 bits per heavy atom. The van der Waals surface area contributed by atoms with Gasteiger partial charge >= 0.3 is 0 Å². The molecule has 1 saturated heterocycles. The summed E-state index contributed by atoms with van der Waals surface area (Å²) in [5.41, 5.74) is 5.27. The zero-order valence-electron chi connectivity index (χ0n) is 12.5. The van der Waals surface area contributed by atoms with Gasteiger partial charge in [-0.3, -0.25) is 4.79 Å². The van der Waals surface area contributed by atoms with Gasteiger partial charge in [-0.15, -0.1) is 0 Å². The Morgan fingerprint density at radius 1 is 1.52 bits per heavy atom. The van der Waals surface area contributed by atoms with Crippen molar-refractivity contribution in [2.75, 3.05) is 18.8 Å². The highest BCUT2D eigenvalue weighted by Crippen LogP contribution is 2.37. The fourth-order valence-electron chi connectivity index (χ4n) is 2.85. The number of hydrogen-bond donors (Lipinski definition) is 2. The number of halogens is 2. The van der Waals surface area contributed by atoms with E-state index in [9.17, 15) is 9.18 Å². The minimum absolute atomic E-state index is 0.0334. The minimum atomic E-state index is -0.629. The number of Topliss-reactive ketones (excluding diaryl/α,β-unsaturated/α-hetero) is 1. The Balaban J connectivity index is 2.30. The smallest absolute Gasteiger partial charge is 0.170 e. The van der Waals surface area contributed by atoms with Gasteiger partial charge in [0.05, 0.1) is 10.7 Å². The van der Waals surface area contributed by atoms with Crippen LogP contribution in [0.25, 0.3) is 0 Å². The van der Waals surface area contributed by atoms with Crippen molar-refractivity contribution in [3.05, 3.63) is 28.5 Å². The van der Waals surface area contributed by atoms with Crippen LogP contribution in [-0.2, 0) is 0 Å². The molecule has 1 aliphatic heterocycles. The highest BCUT2D eigenvalue weighted by atomic mass is 35.5. The van der Waals surface area contributed by atoms with Gasteiger partial charge in [0.1, 0.15) is 5.82 Å². The molecule has 0 radical (unpaired) electrons. The van der Waals surface area contributed by atoms with Crippen LogP contribution in [-0.4, -0.2) is 18.9 Å². The van der Waals surface area contributed by atoms with Crippen molar-refractivity contribution in [1.82, 2.24) is 5.32 Å². The fourth-order valence-corrected chi connectivity index (χ4v) is 3.06. The van der Waals surface area contributed by atoms with E-state index in [1.807, 2.05) is 0 Å². The van der Waals surface area contributed by atoms with Gasteiger partial charge in [-0.25, -0.2) is 4.39 Å². The quantitative estimate of drug-likeness (QED) is 0.644. The van der Waals surface area contributed by atoms with E-state index in [0.29, 0.717) is 18.0 Å². The van der Waals surface area contributed by atoms with Crippen molar-refractivity contribution < 1.29 is 9.18 Å². The molecule has 1 atom stereocenters. The highest BCUT2D eigenvalue weighted by molar-refractivity contribution is 6.33. The second-order valence-corrected chi connectivity index (χ2v) is 6.73. The van der Waals surface area contributed by atoms with Crippen LogP contribution < -0.4 is 11.1 Å². The van der Waals surface area contributed by atoms with E-state index >= 15 is 0 Å². The van der Waals surface area contributed by atoms with E-state index < -0.39 is 11.2 Å². The van der Waals surface area contributed by atoms with Crippen LogP contribution >= 0.6 is 11.6 Å². The average Bonchev–Trinajstić information content (AvgIpc) is 2.91. The van der Waals surface area contributed by atoms with E-state index in [2.05, 4.69) is 19.2 Å². The highest BCUT2D eigenvalue weighted by Gasteiger charge is 2.41. The first-order chi connectivity index (χ1) is 9.85. The number of ketones is 1. The number of nitrogens with one attached hydrogen (secondary N) is 1. The van der Waals surface area contributed by atoms with Gasteiger partial charge in [-0.05, 0) is 43.9 Å². The minimum Gasteiger partial charge on any atom is -0.395 e. The number of carbonyl (C=O) groups is 1. The van der Waals surface area contributed by atoms with Crippen LogP contribution in [0.5, 0.6) is 0 Å². The molecule has 1 heterocycles. The summed E-state index contributed by atoms with van der Waals surface area (Å²) in [6.45, 7) is 5.73. The standard InChI is InChI=1S/C16H22ClFN2O/c1-10(2)3-4-16(5-6-20-9-16)15(21)11-7-12(17)14(19)13(18)8-11/h7-8,10,20H,3-6,9,19H2,1-2H3. The summed E-state index contributed by atoms with van der Waals surface area (Å²) in [5.74, 6) is -0.133. The molecule has 2 rings (SSSR count). The molecule has 3 N–H and O–H groups in total. The first-order valence-electron chi connectivity index (χ1n) is 7.36. The molecule has 0 spiro atoms. The molecule has 0 aromatic heterocycles. The monoisotopic (exact) mass is 312 g/mol. The van der Waals surface area contributed by atoms with Crippen molar-refractivity contribution in [3.63, 3.8) is 0 Å². The van der Waals surface area contributed by atoms with Crippen LogP contribution in [0, 0.1) is 17.2 Å². The Hall–Kier alpha value is -1.13. The van der Waals surface area contributed by atoms with E-state index in [0.717, 1.165) is 25.8 Å². The van der Waals surface area contributed by atoms with E-state index in [4.69, 9.17) is 17.3 Å². The molecule has 116 valence electrons. The maximum Gasteiger partial charge on any atom is 0.170 e. The summed E-state index contributed by atoms with van der Waals surface area (Å²) in [5, 5.41) is 3.36. The van der Waals surface area contributed by atoms with Crippen molar-refractivity contribution in [1.29, 1.82) is 0 Å². The summed E-state index contributed by atoms with van der Waals surface area (Å²) in [6.07, 6.45) is 2.56. The van der Waals surface area contributed by atoms with Crippen molar-refractivity contribution in [3.8, 4) is 0 Å². The lowest BCUT2D eigenvalue weighted by atomic mass is 9.74. The number of benzene rings is 1. The molecule has 0 bridgehead atoms. The normalized spacial score (nSPS) is 22.0. The second kappa shape index (κ2) is 6.32. The van der Waals surface area contributed by atoms with Gasteiger partial charge in [-0.1, -0.05) is 25.4 Å². The third kappa shape index (κ3) is 3.38. The van der Waals surface area contributed by atoms with Crippen molar-refractivity contribution >= 4 is 23.1 Å². The topological polar surface area (TPSA) is 55.1 Å². The van der Waals surface area contributed by atoms with Crippen molar-refractivity contribution in [2.45, 2.75) is 33.1 Å². The van der Waals surface area contributed by atoms with Crippen LogP contribution in [0.15, 0.2) is 12.1 Å². The van der Waals surface area contributed by atoms with Gasteiger partial charge in [0.2, 0.25) is 0 Å². The lowest BCUT2D eigenvalue weighted by molar-refractivity contribution is 0.0794. The Morgan fingerprint density at radius 2 is 2.24 bits per heavy atom. The molecule has 1 aromatic carbocycles. The molecule has 5 heteroatoms. The van der Waals surface area contributed by atoms with Crippen molar-refractivity contribution in [2.24, 2.45) is 11.3 Å². The molecular weight excluding hydrogens is 291 g/mol. The Labute approximate surface area is 130 Å². The summed E-state index contributed by atoms with van der Waals surface area (Å²) < 4.78 is 13.7. The number of nitrogen functional groups attached to an aromatic ring is 1. The van der Waals surface area contributed by atoms with E-state index in [1.54, 1.807) is 0 Å². The molecular formula is C16H22ClFN2O. The number of anilines is 1. The summed E-state index contributed by atoms with van der Waals surface area (Å²) in [6, 6.07) is 2.69. The number of rotatable bonds is 5. The third-order valence-corrected chi connectivity index (χ3v) is 4.58. The lowest BCUT2D eigenvalue weighted by Crippen LogP contribution is -2.34. The maximum atomic E-state index is 13.7. The molecule has 1 aromatic rings. The van der Waals surface area contributed by atoms with Crippen LogP contribution in [0.4, 0.5) is 10.1 Å². The lowest BCUT2D eigenvalue weighted by Gasteiger charge is -2.27. The summed E-state index contributed by atoms with van der Waals surface area (Å²) >= 11 is 5.91. The van der Waals surface area contributed by atoms with Crippen LogP contribution in [0.1, 0.15) is 43.5 Å². The van der Waals surface area contributed by atoms with Gasteiger partial charge in [0.15, 0.2) is 5.78 Å². The number of carbonyl (C=O) groups excluding carboxylic acids is 1. The molecule has 21 heavy (non-hydrogen) atoms.